The van der Waals surface area contributed by atoms with Crippen LogP contribution in [0.25, 0.3) is 0 Å². The standard InChI is InChI=1S/C13H24O/c1-12(2)11(13(12,3)4)10(14)8-7-9-5-6-9/h9-11,14H,5-8H2,1-4H3. The molecule has 1 unspecified atom stereocenters. The Morgan fingerprint density at radius 1 is 1.14 bits per heavy atom. The molecule has 0 radical (unpaired) electrons. The molecule has 1 N–H and O–H groups in total. The number of aliphatic hydroxyl groups is 1. The number of hydrogen-bond donors (Lipinski definition) is 1. The molecule has 14 heavy (non-hydrogen) atoms. The van der Waals surface area contributed by atoms with Gasteiger partial charge >= 0.3 is 0 Å². The Hall–Kier alpha value is -0.0400. The molecule has 1 nitrogen and oxygen atoms in total. The Kier molecular flexibility index (Phi) is 2.23. The van der Waals surface area contributed by atoms with E-state index < -0.39 is 0 Å². The van der Waals surface area contributed by atoms with Gasteiger partial charge in [-0.15, -0.1) is 0 Å². The van der Waals surface area contributed by atoms with Crippen LogP contribution in [0.15, 0.2) is 0 Å². The molecule has 0 bridgehead atoms. The van der Waals surface area contributed by atoms with Crippen molar-refractivity contribution in [1.82, 2.24) is 0 Å². The molecule has 0 aromatic carbocycles. The van der Waals surface area contributed by atoms with Gasteiger partial charge < -0.3 is 5.11 Å². The van der Waals surface area contributed by atoms with Crippen molar-refractivity contribution < 1.29 is 5.11 Å². The average Bonchev–Trinajstić information content (AvgIpc) is 2.88. The van der Waals surface area contributed by atoms with Crippen LogP contribution in [0.1, 0.15) is 53.4 Å². The van der Waals surface area contributed by atoms with E-state index in [9.17, 15) is 5.11 Å². The van der Waals surface area contributed by atoms with E-state index in [2.05, 4.69) is 27.7 Å². The highest BCUT2D eigenvalue weighted by Crippen LogP contribution is 2.70. The van der Waals surface area contributed by atoms with Crippen LogP contribution in [0.3, 0.4) is 0 Å². The van der Waals surface area contributed by atoms with Gasteiger partial charge in [0.1, 0.15) is 0 Å². The summed E-state index contributed by atoms with van der Waals surface area (Å²) < 4.78 is 0. The molecule has 82 valence electrons. The minimum atomic E-state index is -0.0550. The quantitative estimate of drug-likeness (QED) is 0.732. The highest BCUT2D eigenvalue weighted by molar-refractivity contribution is 5.14. The van der Waals surface area contributed by atoms with E-state index in [-0.39, 0.29) is 6.10 Å². The lowest BCUT2D eigenvalue weighted by molar-refractivity contribution is 0.116. The molecule has 0 aliphatic heterocycles. The van der Waals surface area contributed by atoms with Gasteiger partial charge in [0.15, 0.2) is 0 Å². The van der Waals surface area contributed by atoms with Gasteiger partial charge in [0.25, 0.3) is 0 Å². The second-order valence-electron chi connectivity index (χ2n) is 6.51. The maximum Gasteiger partial charge on any atom is 0.0579 e. The lowest BCUT2D eigenvalue weighted by Gasteiger charge is -2.11. The summed E-state index contributed by atoms with van der Waals surface area (Å²) in [6, 6.07) is 0. The zero-order valence-corrected chi connectivity index (χ0v) is 10.0. The van der Waals surface area contributed by atoms with Crippen molar-refractivity contribution in [2.24, 2.45) is 22.7 Å². The highest BCUT2D eigenvalue weighted by Gasteiger charge is 2.66. The van der Waals surface area contributed by atoms with E-state index >= 15 is 0 Å². The summed E-state index contributed by atoms with van der Waals surface area (Å²) in [6.45, 7) is 9.16. The van der Waals surface area contributed by atoms with Crippen LogP contribution in [0, 0.1) is 22.7 Å². The van der Waals surface area contributed by atoms with Crippen molar-refractivity contribution in [3.05, 3.63) is 0 Å². The van der Waals surface area contributed by atoms with Gasteiger partial charge in [0.2, 0.25) is 0 Å². The van der Waals surface area contributed by atoms with Crippen LogP contribution in [-0.2, 0) is 0 Å². The molecular weight excluding hydrogens is 172 g/mol. The average molecular weight is 196 g/mol. The fourth-order valence-corrected chi connectivity index (χ4v) is 3.19. The van der Waals surface area contributed by atoms with E-state index in [1.54, 1.807) is 0 Å². The fraction of sp³-hybridized carbons (Fsp3) is 1.00. The third kappa shape index (κ3) is 1.50. The molecule has 2 rings (SSSR count). The summed E-state index contributed by atoms with van der Waals surface area (Å²) >= 11 is 0. The van der Waals surface area contributed by atoms with E-state index in [4.69, 9.17) is 0 Å². The SMILES string of the molecule is CC1(C)C(C(O)CCC2CC2)C1(C)C. The van der Waals surface area contributed by atoms with E-state index in [1.165, 1.54) is 19.3 Å². The van der Waals surface area contributed by atoms with Gasteiger partial charge in [-0.3, -0.25) is 0 Å². The maximum atomic E-state index is 10.1. The van der Waals surface area contributed by atoms with Crippen molar-refractivity contribution in [3.63, 3.8) is 0 Å². The number of hydrogen-bond acceptors (Lipinski definition) is 1. The lowest BCUT2D eigenvalue weighted by Crippen LogP contribution is -2.14. The van der Waals surface area contributed by atoms with Crippen LogP contribution in [0.4, 0.5) is 0 Å². The number of rotatable bonds is 4. The first-order valence-corrected chi connectivity index (χ1v) is 6.05. The Morgan fingerprint density at radius 2 is 1.64 bits per heavy atom. The van der Waals surface area contributed by atoms with E-state index in [0.717, 1.165) is 12.3 Å². The zero-order chi connectivity index (χ0) is 10.6. The Balaban J connectivity index is 1.83. The summed E-state index contributed by atoms with van der Waals surface area (Å²) in [4.78, 5) is 0. The molecule has 2 saturated carbocycles. The first-order chi connectivity index (χ1) is 6.37. The molecule has 0 saturated heterocycles. The maximum absolute atomic E-state index is 10.1. The van der Waals surface area contributed by atoms with Gasteiger partial charge in [-0.1, -0.05) is 40.5 Å². The molecule has 0 aromatic rings. The van der Waals surface area contributed by atoms with E-state index in [0.29, 0.717) is 16.7 Å². The van der Waals surface area contributed by atoms with Crippen LogP contribution < -0.4 is 0 Å². The van der Waals surface area contributed by atoms with Gasteiger partial charge in [-0.2, -0.15) is 0 Å². The molecule has 1 heteroatoms. The molecule has 0 heterocycles. The molecular formula is C13H24O. The van der Waals surface area contributed by atoms with Gasteiger partial charge in [-0.25, -0.2) is 0 Å². The molecule has 0 aromatic heterocycles. The molecule has 2 aliphatic rings. The Morgan fingerprint density at radius 3 is 2.00 bits per heavy atom. The summed E-state index contributed by atoms with van der Waals surface area (Å²) in [5, 5.41) is 10.1. The van der Waals surface area contributed by atoms with Crippen molar-refractivity contribution in [3.8, 4) is 0 Å². The minimum Gasteiger partial charge on any atom is -0.393 e. The van der Waals surface area contributed by atoms with Gasteiger partial charge in [-0.05, 0) is 35.5 Å². The Labute approximate surface area is 87.9 Å². The molecule has 2 fully saturated rings. The monoisotopic (exact) mass is 196 g/mol. The summed E-state index contributed by atoms with van der Waals surface area (Å²) in [5.41, 5.74) is 0.686. The largest absolute Gasteiger partial charge is 0.393 e. The minimum absolute atomic E-state index is 0.0550. The van der Waals surface area contributed by atoms with Crippen LogP contribution in [-0.4, -0.2) is 11.2 Å². The summed E-state index contributed by atoms with van der Waals surface area (Å²) in [7, 11) is 0. The second kappa shape index (κ2) is 2.98. The lowest BCUT2D eigenvalue weighted by atomic mass is 10.0. The van der Waals surface area contributed by atoms with Crippen LogP contribution >= 0.6 is 0 Å². The zero-order valence-electron chi connectivity index (χ0n) is 10.0. The van der Waals surface area contributed by atoms with Crippen molar-refractivity contribution in [1.29, 1.82) is 0 Å². The molecule has 2 aliphatic carbocycles. The molecule has 0 spiro atoms. The smallest absolute Gasteiger partial charge is 0.0579 e. The summed E-state index contributed by atoms with van der Waals surface area (Å²) in [6.07, 6.45) is 5.04. The van der Waals surface area contributed by atoms with Crippen LogP contribution in [0.2, 0.25) is 0 Å². The summed E-state index contributed by atoms with van der Waals surface area (Å²) in [5.74, 6) is 1.48. The third-order valence-corrected chi connectivity index (χ3v) is 5.08. The predicted molar refractivity (Wildman–Crippen MR) is 59.0 cm³/mol. The third-order valence-electron chi connectivity index (χ3n) is 5.08. The highest BCUT2D eigenvalue weighted by atomic mass is 16.3. The van der Waals surface area contributed by atoms with E-state index in [1.807, 2.05) is 0 Å². The normalized spacial score (nSPS) is 31.5. The molecule has 1 atom stereocenters. The molecule has 0 amide bonds. The van der Waals surface area contributed by atoms with Crippen molar-refractivity contribution >= 4 is 0 Å². The second-order valence-corrected chi connectivity index (χ2v) is 6.51. The van der Waals surface area contributed by atoms with Gasteiger partial charge in [0.05, 0.1) is 6.10 Å². The first-order valence-electron chi connectivity index (χ1n) is 6.05. The van der Waals surface area contributed by atoms with Crippen molar-refractivity contribution in [2.45, 2.75) is 59.5 Å². The fourth-order valence-electron chi connectivity index (χ4n) is 3.19. The topological polar surface area (TPSA) is 20.2 Å². The van der Waals surface area contributed by atoms with Gasteiger partial charge in [0, 0.05) is 0 Å². The Bertz CT molecular complexity index is 211. The predicted octanol–water partition coefficient (Wildman–Crippen LogP) is 3.22. The first kappa shape index (κ1) is 10.5. The van der Waals surface area contributed by atoms with Crippen molar-refractivity contribution in [2.75, 3.05) is 0 Å². The number of aliphatic hydroxyl groups excluding tert-OH is 1. The van der Waals surface area contributed by atoms with Crippen LogP contribution in [0.5, 0.6) is 0 Å².